The third kappa shape index (κ3) is 3.10. The Kier molecular flexibility index (Phi) is 4.60. The Morgan fingerprint density at radius 2 is 2.00 bits per heavy atom. The summed E-state index contributed by atoms with van der Waals surface area (Å²) in [5, 5.41) is -0.399. The molecule has 1 aromatic carbocycles. The second-order valence-electron chi connectivity index (χ2n) is 4.91. The van der Waals surface area contributed by atoms with E-state index in [1.807, 2.05) is 13.8 Å². The van der Waals surface area contributed by atoms with Crippen molar-refractivity contribution in [3.05, 3.63) is 29.6 Å². The zero-order chi connectivity index (χ0) is 14.9. The fourth-order valence-corrected chi connectivity index (χ4v) is 2.25. The molecule has 1 atom stereocenters. The van der Waals surface area contributed by atoms with Gasteiger partial charge in [-0.15, -0.1) is 11.6 Å². The maximum Gasteiger partial charge on any atom is 0.153 e. The van der Waals surface area contributed by atoms with E-state index in [-0.39, 0.29) is 11.6 Å². The molecule has 110 valence electrons. The van der Waals surface area contributed by atoms with Crippen LogP contribution in [0.5, 0.6) is 0 Å². The molecule has 0 saturated carbocycles. The number of ether oxygens (including phenoxy) is 1. The summed E-state index contributed by atoms with van der Waals surface area (Å²) in [4.78, 5) is 4.18. The van der Waals surface area contributed by atoms with Gasteiger partial charge in [0.2, 0.25) is 0 Å². The molecule has 0 amide bonds. The lowest BCUT2D eigenvalue weighted by molar-refractivity contribution is 0.0729. The molecule has 0 saturated heterocycles. The summed E-state index contributed by atoms with van der Waals surface area (Å²) in [6.07, 6.45) is 0.0927. The average Bonchev–Trinajstić information content (AvgIpc) is 2.68. The number of aromatic nitrogens is 2. The Labute approximate surface area is 121 Å². The highest BCUT2D eigenvalue weighted by atomic mass is 35.5. The number of hydrogen-bond donors (Lipinski definition) is 0. The van der Waals surface area contributed by atoms with E-state index >= 15 is 0 Å². The highest BCUT2D eigenvalue weighted by Crippen LogP contribution is 2.26. The Bertz CT molecular complexity index is 611. The van der Waals surface area contributed by atoms with Crippen LogP contribution in [0.2, 0.25) is 0 Å². The molecule has 0 aliphatic heterocycles. The van der Waals surface area contributed by atoms with Crippen LogP contribution in [0.3, 0.4) is 0 Å². The Morgan fingerprint density at radius 1 is 1.30 bits per heavy atom. The molecule has 0 bridgehead atoms. The normalized spacial score (nSPS) is 13.3. The number of rotatable bonds is 5. The van der Waals surface area contributed by atoms with Crippen LogP contribution in [0.25, 0.3) is 11.0 Å². The van der Waals surface area contributed by atoms with Crippen molar-refractivity contribution in [1.82, 2.24) is 9.55 Å². The molecule has 0 spiro atoms. The fourth-order valence-electron chi connectivity index (χ4n) is 2.09. The third-order valence-electron chi connectivity index (χ3n) is 2.92. The summed E-state index contributed by atoms with van der Waals surface area (Å²) < 4.78 is 34.3. The van der Waals surface area contributed by atoms with E-state index in [2.05, 4.69) is 4.98 Å². The molecule has 0 aliphatic rings. The molecule has 1 aromatic heterocycles. The van der Waals surface area contributed by atoms with Gasteiger partial charge in [-0.2, -0.15) is 0 Å². The molecular weight excluding hydrogens is 286 g/mol. The van der Waals surface area contributed by atoms with Crippen molar-refractivity contribution in [3.8, 4) is 0 Å². The van der Waals surface area contributed by atoms with E-state index < -0.39 is 17.0 Å². The zero-order valence-electron chi connectivity index (χ0n) is 11.7. The van der Waals surface area contributed by atoms with E-state index in [9.17, 15) is 8.78 Å². The topological polar surface area (TPSA) is 27.1 Å². The van der Waals surface area contributed by atoms with Crippen molar-refractivity contribution >= 4 is 22.6 Å². The molecule has 3 nitrogen and oxygen atoms in total. The predicted molar refractivity (Wildman–Crippen MR) is 75.0 cm³/mol. The molecule has 6 heteroatoms. The minimum atomic E-state index is -0.679. The Morgan fingerprint density at radius 3 is 2.60 bits per heavy atom. The molecule has 0 N–H and O–H groups in total. The first kappa shape index (κ1) is 15.2. The van der Waals surface area contributed by atoms with Crippen LogP contribution in [-0.4, -0.2) is 22.3 Å². The SMILES string of the molecule is CC(C)OCCn1c(C(C)Cl)nc2c(F)cc(F)cc21. The van der Waals surface area contributed by atoms with Crippen molar-refractivity contribution in [2.75, 3.05) is 6.61 Å². The van der Waals surface area contributed by atoms with Gasteiger partial charge in [0.15, 0.2) is 5.82 Å². The molecule has 0 fully saturated rings. The van der Waals surface area contributed by atoms with Crippen molar-refractivity contribution in [2.45, 2.75) is 38.8 Å². The molecule has 1 unspecified atom stereocenters. The number of hydrogen-bond acceptors (Lipinski definition) is 2. The maximum atomic E-state index is 13.8. The van der Waals surface area contributed by atoms with Crippen LogP contribution in [0, 0.1) is 11.6 Å². The first-order valence-corrected chi connectivity index (χ1v) is 6.94. The fraction of sp³-hybridized carbons (Fsp3) is 0.500. The smallest absolute Gasteiger partial charge is 0.153 e. The van der Waals surface area contributed by atoms with E-state index in [4.69, 9.17) is 16.3 Å². The molecule has 2 aromatic rings. The zero-order valence-corrected chi connectivity index (χ0v) is 12.4. The average molecular weight is 303 g/mol. The number of benzene rings is 1. The highest BCUT2D eigenvalue weighted by Gasteiger charge is 2.18. The molecule has 1 heterocycles. The number of nitrogens with zero attached hydrogens (tertiary/aromatic N) is 2. The second kappa shape index (κ2) is 6.06. The van der Waals surface area contributed by atoms with Crippen LogP contribution in [0.1, 0.15) is 32.0 Å². The van der Waals surface area contributed by atoms with Crippen molar-refractivity contribution < 1.29 is 13.5 Å². The van der Waals surface area contributed by atoms with Crippen LogP contribution >= 0.6 is 11.6 Å². The standard InChI is InChI=1S/C14H17ClF2N2O/c1-8(2)20-5-4-19-12-7-10(16)6-11(17)13(12)18-14(19)9(3)15/h6-9H,4-5H2,1-3H3. The monoisotopic (exact) mass is 302 g/mol. The van der Waals surface area contributed by atoms with Gasteiger partial charge in [-0.3, -0.25) is 0 Å². The number of halogens is 3. The van der Waals surface area contributed by atoms with E-state index in [1.165, 1.54) is 6.07 Å². The molecule has 2 rings (SSSR count). The summed E-state index contributed by atoms with van der Waals surface area (Å²) >= 11 is 6.07. The molecular formula is C14H17ClF2N2O. The molecule has 0 radical (unpaired) electrons. The van der Waals surface area contributed by atoms with Crippen LogP contribution in [0.4, 0.5) is 8.78 Å². The van der Waals surface area contributed by atoms with Crippen molar-refractivity contribution in [3.63, 3.8) is 0 Å². The number of alkyl halides is 1. The van der Waals surface area contributed by atoms with Gasteiger partial charge >= 0.3 is 0 Å². The Balaban J connectivity index is 2.45. The third-order valence-corrected chi connectivity index (χ3v) is 3.12. The van der Waals surface area contributed by atoms with Gasteiger partial charge in [-0.25, -0.2) is 13.8 Å². The van der Waals surface area contributed by atoms with Gasteiger partial charge < -0.3 is 9.30 Å². The van der Waals surface area contributed by atoms with Gasteiger partial charge in [-0.05, 0) is 26.8 Å². The van der Waals surface area contributed by atoms with Crippen molar-refractivity contribution in [2.24, 2.45) is 0 Å². The summed E-state index contributed by atoms with van der Waals surface area (Å²) in [6.45, 7) is 6.48. The second-order valence-corrected chi connectivity index (χ2v) is 5.57. The van der Waals surface area contributed by atoms with Gasteiger partial charge in [-0.1, -0.05) is 0 Å². The lowest BCUT2D eigenvalue weighted by atomic mass is 10.3. The van der Waals surface area contributed by atoms with Gasteiger partial charge in [0.05, 0.1) is 23.6 Å². The summed E-state index contributed by atoms with van der Waals surface area (Å²) in [5.74, 6) is -0.796. The summed E-state index contributed by atoms with van der Waals surface area (Å²) in [5.41, 5.74) is 0.538. The largest absolute Gasteiger partial charge is 0.377 e. The maximum absolute atomic E-state index is 13.8. The van der Waals surface area contributed by atoms with Crippen LogP contribution < -0.4 is 0 Å². The number of fused-ring (bicyclic) bond motifs is 1. The summed E-state index contributed by atoms with van der Waals surface area (Å²) in [7, 11) is 0. The first-order valence-electron chi connectivity index (χ1n) is 6.51. The van der Waals surface area contributed by atoms with Crippen molar-refractivity contribution in [1.29, 1.82) is 0 Å². The molecule has 0 aliphatic carbocycles. The van der Waals surface area contributed by atoms with Gasteiger partial charge in [0.25, 0.3) is 0 Å². The van der Waals surface area contributed by atoms with Gasteiger partial charge in [0, 0.05) is 12.6 Å². The van der Waals surface area contributed by atoms with Crippen LogP contribution in [0.15, 0.2) is 12.1 Å². The lowest BCUT2D eigenvalue weighted by Crippen LogP contribution is -2.13. The van der Waals surface area contributed by atoms with Crippen LogP contribution in [-0.2, 0) is 11.3 Å². The lowest BCUT2D eigenvalue weighted by Gasteiger charge is -2.12. The van der Waals surface area contributed by atoms with E-state index in [0.29, 0.717) is 24.5 Å². The molecule has 20 heavy (non-hydrogen) atoms. The quantitative estimate of drug-likeness (QED) is 0.779. The minimum absolute atomic E-state index is 0.0927. The number of imidazole rings is 1. The predicted octanol–water partition coefficient (Wildman–Crippen LogP) is 4.04. The Hall–Kier alpha value is -1.20. The van der Waals surface area contributed by atoms with Gasteiger partial charge in [0.1, 0.15) is 17.2 Å². The minimum Gasteiger partial charge on any atom is -0.377 e. The summed E-state index contributed by atoms with van der Waals surface area (Å²) in [6, 6.07) is 2.09. The van der Waals surface area contributed by atoms with E-state index in [0.717, 1.165) is 6.07 Å². The highest BCUT2D eigenvalue weighted by molar-refractivity contribution is 6.20. The first-order chi connectivity index (χ1) is 9.40. The van der Waals surface area contributed by atoms with E-state index in [1.54, 1.807) is 11.5 Å².